The van der Waals surface area contributed by atoms with E-state index in [2.05, 4.69) is 15.4 Å². The molecule has 0 unspecified atom stereocenters. The number of ether oxygens (including phenoxy) is 1. The Morgan fingerprint density at radius 1 is 1.32 bits per heavy atom. The number of benzene rings is 1. The van der Waals surface area contributed by atoms with Gasteiger partial charge >= 0.3 is 0 Å². The molecule has 3 rings (SSSR count). The van der Waals surface area contributed by atoms with Crippen LogP contribution in [0.3, 0.4) is 0 Å². The van der Waals surface area contributed by atoms with Crippen molar-refractivity contribution in [3.63, 3.8) is 0 Å². The number of thiazole rings is 1. The maximum absolute atomic E-state index is 12.2. The van der Waals surface area contributed by atoms with Gasteiger partial charge in [0.15, 0.2) is 17.6 Å². The quantitative estimate of drug-likeness (QED) is 0.686. The third kappa shape index (κ3) is 4.12. The van der Waals surface area contributed by atoms with Crippen LogP contribution in [0.1, 0.15) is 21.1 Å². The Bertz CT molecular complexity index is 903. The minimum absolute atomic E-state index is 0.100. The number of hydrogen-bond donors (Lipinski definition) is 1. The molecule has 0 saturated carbocycles. The molecule has 9 heteroatoms. The average Bonchev–Trinajstić information content (AvgIpc) is 3.16. The molecule has 1 aromatic carbocycles. The van der Waals surface area contributed by atoms with Crippen LogP contribution in [-0.4, -0.2) is 20.7 Å². The number of halogens is 2. The van der Waals surface area contributed by atoms with Crippen LogP contribution in [0.15, 0.2) is 30.5 Å². The Morgan fingerprint density at radius 2 is 2.12 bits per heavy atom. The van der Waals surface area contributed by atoms with Gasteiger partial charge in [-0.25, -0.2) is 9.67 Å². The number of anilines is 1. The topological polar surface area (TPSA) is 69.0 Å². The van der Waals surface area contributed by atoms with Crippen LogP contribution in [0.4, 0.5) is 5.13 Å². The van der Waals surface area contributed by atoms with Crippen LogP contribution in [0.2, 0.25) is 10.0 Å². The first-order chi connectivity index (χ1) is 11.9. The zero-order valence-corrected chi connectivity index (χ0v) is 15.7. The van der Waals surface area contributed by atoms with Gasteiger partial charge in [0, 0.05) is 11.1 Å². The highest BCUT2D eigenvalue weighted by Crippen LogP contribution is 2.31. The van der Waals surface area contributed by atoms with Gasteiger partial charge in [0.05, 0.1) is 10.7 Å². The number of nitrogens with zero attached hydrogens (tertiary/aromatic N) is 3. The first kappa shape index (κ1) is 17.7. The summed E-state index contributed by atoms with van der Waals surface area (Å²) in [5.74, 6) is 0.123. The second kappa shape index (κ2) is 7.43. The van der Waals surface area contributed by atoms with Crippen molar-refractivity contribution in [3.8, 4) is 5.75 Å². The number of carbonyl (C=O) groups excluding carboxylic acids is 1. The van der Waals surface area contributed by atoms with Crippen LogP contribution in [0.5, 0.6) is 5.75 Å². The van der Waals surface area contributed by atoms with Crippen LogP contribution in [0, 0.1) is 13.8 Å². The number of rotatable bonds is 5. The minimum atomic E-state index is -0.326. The molecule has 0 fully saturated rings. The summed E-state index contributed by atoms with van der Waals surface area (Å²) >= 11 is 13.4. The van der Waals surface area contributed by atoms with Gasteiger partial charge < -0.3 is 4.74 Å². The Morgan fingerprint density at radius 3 is 2.84 bits per heavy atom. The predicted molar refractivity (Wildman–Crippen MR) is 98.9 cm³/mol. The van der Waals surface area contributed by atoms with Crippen molar-refractivity contribution in [1.82, 2.24) is 14.8 Å². The van der Waals surface area contributed by atoms with E-state index >= 15 is 0 Å². The average molecular weight is 397 g/mol. The Labute approximate surface area is 158 Å². The van der Waals surface area contributed by atoms with Crippen LogP contribution in [0.25, 0.3) is 0 Å². The lowest BCUT2D eigenvalue weighted by Crippen LogP contribution is -2.14. The van der Waals surface area contributed by atoms with Crippen molar-refractivity contribution in [2.75, 3.05) is 5.32 Å². The Hall–Kier alpha value is -2.09. The van der Waals surface area contributed by atoms with Gasteiger partial charge in [0.1, 0.15) is 10.8 Å². The van der Waals surface area contributed by atoms with Crippen molar-refractivity contribution in [2.24, 2.45) is 0 Å². The van der Waals surface area contributed by atoms with Crippen LogP contribution in [-0.2, 0) is 6.73 Å². The largest absolute Gasteiger partial charge is 0.470 e. The number of nitrogens with one attached hydrogen (secondary N) is 1. The van der Waals surface area contributed by atoms with E-state index in [1.807, 2.05) is 13.8 Å². The van der Waals surface area contributed by atoms with Gasteiger partial charge in [0.2, 0.25) is 0 Å². The lowest BCUT2D eigenvalue weighted by Gasteiger charge is -2.08. The molecule has 0 spiro atoms. The summed E-state index contributed by atoms with van der Waals surface area (Å²) < 4.78 is 7.07. The lowest BCUT2D eigenvalue weighted by molar-refractivity contribution is 0.102. The first-order valence-corrected chi connectivity index (χ1v) is 8.87. The fraction of sp³-hybridized carbons (Fsp3) is 0.188. The van der Waals surface area contributed by atoms with Gasteiger partial charge in [-0.1, -0.05) is 29.3 Å². The molecule has 2 aromatic heterocycles. The summed E-state index contributed by atoms with van der Waals surface area (Å²) in [6.45, 7) is 3.95. The molecule has 3 aromatic rings. The number of aromatic nitrogens is 3. The number of amides is 1. The second-order valence-corrected chi connectivity index (χ2v) is 7.17. The highest BCUT2D eigenvalue weighted by Gasteiger charge is 2.13. The summed E-state index contributed by atoms with van der Waals surface area (Å²) in [5.41, 5.74) is 1.17. The molecule has 1 N–H and O–H groups in total. The van der Waals surface area contributed by atoms with E-state index in [-0.39, 0.29) is 18.3 Å². The summed E-state index contributed by atoms with van der Waals surface area (Å²) in [6.07, 6.45) is 1.64. The van der Waals surface area contributed by atoms with E-state index in [0.29, 0.717) is 20.9 Å². The number of hydrogen-bond acceptors (Lipinski definition) is 5. The normalized spacial score (nSPS) is 10.7. The standard InChI is InChI=1S/C16H14Cl2N4O2S/c1-9-10(2)25-16(19-9)20-15(23)12-6-7-22(21-12)8-24-13-5-3-4-11(17)14(13)18/h3-7H,8H2,1-2H3,(H,19,20,23). The van der Waals surface area contributed by atoms with E-state index in [9.17, 15) is 4.79 Å². The molecule has 0 aliphatic carbocycles. The van der Waals surface area contributed by atoms with Gasteiger partial charge in [-0.3, -0.25) is 10.1 Å². The molecule has 0 radical (unpaired) electrons. The third-order valence-corrected chi connectivity index (χ3v) is 5.18. The van der Waals surface area contributed by atoms with Gasteiger partial charge in [-0.05, 0) is 32.0 Å². The molecule has 130 valence electrons. The molecule has 0 saturated heterocycles. The zero-order valence-electron chi connectivity index (χ0n) is 13.4. The Kier molecular flexibility index (Phi) is 5.27. The number of aryl methyl sites for hydroxylation is 2. The van der Waals surface area contributed by atoms with Crippen molar-refractivity contribution in [3.05, 3.63) is 56.8 Å². The van der Waals surface area contributed by atoms with E-state index in [0.717, 1.165) is 10.6 Å². The smallest absolute Gasteiger partial charge is 0.277 e. The second-order valence-electron chi connectivity index (χ2n) is 5.18. The molecular weight excluding hydrogens is 383 g/mol. The Balaban J connectivity index is 1.63. The van der Waals surface area contributed by atoms with Crippen molar-refractivity contribution >= 4 is 45.6 Å². The highest BCUT2D eigenvalue weighted by molar-refractivity contribution is 7.15. The molecule has 6 nitrogen and oxygen atoms in total. The molecule has 2 heterocycles. The highest BCUT2D eigenvalue weighted by atomic mass is 35.5. The number of carbonyl (C=O) groups is 1. The molecular formula is C16H14Cl2N4O2S. The SMILES string of the molecule is Cc1nc(NC(=O)c2ccn(COc3cccc(Cl)c3Cl)n2)sc1C. The van der Waals surface area contributed by atoms with E-state index in [4.69, 9.17) is 27.9 Å². The van der Waals surface area contributed by atoms with E-state index in [1.165, 1.54) is 16.0 Å². The third-order valence-electron chi connectivity index (χ3n) is 3.39. The monoisotopic (exact) mass is 396 g/mol. The van der Waals surface area contributed by atoms with Crippen molar-refractivity contribution < 1.29 is 9.53 Å². The summed E-state index contributed by atoms with van der Waals surface area (Å²) in [4.78, 5) is 17.6. The van der Waals surface area contributed by atoms with Gasteiger partial charge in [-0.2, -0.15) is 5.10 Å². The summed E-state index contributed by atoms with van der Waals surface area (Å²) in [5, 5.41) is 8.22. The summed E-state index contributed by atoms with van der Waals surface area (Å²) in [6, 6.07) is 6.72. The molecule has 0 aliphatic rings. The van der Waals surface area contributed by atoms with Gasteiger partial charge in [0.25, 0.3) is 5.91 Å². The predicted octanol–water partition coefficient (Wildman–Crippen LogP) is 4.55. The fourth-order valence-corrected chi connectivity index (χ4v) is 3.13. The van der Waals surface area contributed by atoms with Crippen LogP contribution < -0.4 is 10.1 Å². The van der Waals surface area contributed by atoms with Crippen molar-refractivity contribution in [2.45, 2.75) is 20.6 Å². The van der Waals surface area contributed by atoms with E-state index in [1.54, 1.807) is 30.5 Å². The maximum Gasteiger partial charge on any atom is 0.277 e. The lowest BCUT2D eigenvalue weighted by atomic mass is 10.3. The summed E-state index contributed by atoms with van der Waals surface area (Å²) in [7, 11) is 0. The molecule has 0 atom stereocenters. The zero-order chi connectivity index (χ0) is 18.0. The van der Waals surface area contributed by atoms with Crippen LogP contribution >= 0.6 is 34.5 Å². The fourth-order valence-electron chi connectivity index (χ4n) is 1.97. The maximum atomic E-state index is 12.2. The minimum Gasteiger partial charge on any atom is -0.470 e. The molecule has 0 bridgehead atoms. The molecule has 25 heavy (non-hydrogen) atoms. The molecule has 0 aliphatic heterocycles. The van der Waals surface area contributed by atoms with Crippen molar-refractivity contribution in [1.29, 1.82) is 0 Å². The first-order valence-electron chi connectivity index (χ1n) is 7.29. The molecule has 1 amide bonds. The van der Waals surface area contributed by atoms with E-state index < -0.39 is 0 Å². The van der Waals surface area contributed by atoms with Gasteiger partial charge in [-0.15, -0.1) is 11.3 Å².